The Kier molecular flexibility index (Phi) is 3.80. The average Bonchev–Trinajstić information content (AvgIpc) is 2.14. The van der Waals surface area contributed by atoms with E-state index in [9.17, 15) is 9.59 Å². The van der Waals surface area contributed by atoms with Gasteiger partial charge in [0.1, 0.15) is 0 Å². The number of ketones is 2. The molecule has 0 N–H and O–H groups in total. The minimum absolute atomic E-state index is 0.0819. The average molecular weight is 269 g/mol. The van der Waals surface area contributed by atoms with Crippen molar-refractivity contribution < 1.29 is 9.59 Å². The van der Waals surface area contributed by atoms with E-state index in [4.69, 9.17) is 0 Å². The van der Waals surface area contributed by atoms with Crippen LogP contribution < -0.4 is 0 Å². The summed E-state index contributed by atoms with van der Waals surface area (Å²) in [6, 6.07) is 3.84. The summed E-state index contributed by atoms with van der Waals surface area (Å²) in [5.74, 6) is -0.799. The molecule has 3 heteroatoms. The Bertz CT molecular complexity index is 399. The molecule has 0 spiro atoms. The molecule has 0 aliphatic rings. The van der Waals surface area contributed by atoms with Gasteiger partial charge in [-0.25, -0.2) is 0 Å². The molecule has 0 fully saturated rings. The van der Waals surface area contributed by atoms with Crippen LogP contribution in [0.1, 0.15) is 27.0 Å². The van der Waals surface area contributed by atoms with Crippen LogP contribution in [-0.2, 0) is 4.79 Å². The van der Waals surface area contributed by atoms with E-state index in [1.54, 1.807) is 0 Å². The number of carbonyl (C=O) groups is 2. The molecule has 1 rings (SSSR count). The first-order chi connectivity index (χ1) is 6.97. The van der Waals surface area contributed by atoms with Crippen LogP contribution in [0.3, 0.4) is 0 Å². The Balaban J connectivity index is 3.26. The maximum Gasteiger partial charge on any atom is 0.229 e. The third-order valence-corrected chi connectivity index (χ3v) is 2.79. The number of halogens is 1. The molecule has 0 aliphatic heterocycles. The second-order valence-corrected chi connectivity index (χ2v) is 4.22. The lowest BCUT2D eigenvalue weighted by Crippen LogP contribution is -2.17. The van der Waals surface area contributed by atoms with Crippen molar-refractivity contribution in [2.75, 3.05) is 5.33 Å². The molecule has 1 aromatic rings. The van der Waals surface area contributed by atoms with Gasteiger partial charge in [0.25, 0.3) is 0 Å². The van der Waals surface area contributed by atoms with Gasteiger partial charge in [-0.3, -0.25) is 9.59 Å². The van der Waals surface area contributed by atoms with E-state index >= 15 is 0 Å². The number of rotatable bonds is 3. The zero-order valence-electron chi connectivity index (χ0n) is 9.06. The fourth-order valence-electron chi connectivity index (χ4n) is 1.74. The molecule has 1 aromatic carbocycles. The zero-order valence-corrected chi connectivity index (χ0v) is 10.6. The van der Waals surface area contributed by atoms with Crippen LogP contribution >= 0.6 is 15.9 Å². The van der Waals surface area contributed by atoms with Gasteiger partial charge in [0.15, 0.2) is 0 Å². The molecule has 0 bridgehead atoms. The molecule has 0 atom stereocenters. The van der Waals surface area contributed by atoms with E-state index in [1.165, 1.54) is 0 Å². The molecule has 0 unspecified atom stereocenters. The lowest BCUT2D eigenvalue weighted by Gasteiger charge is -2.08. The van der Waals surface area contributed by atoms with E-state index in [-0.39, 0.29) is 5.33 Å². The van der Waals surface area contributed by atoms with Gasteiger partial charge in [-0.15, -0.1) is 0 Å². The zero-order chi connectivity index (χ0) is 11.6. The Morgan fingerprint density at radius 2 is 1.60 bits per heavy atom. The number of Topliss-reactive ketones (excluding diaryl/α,β-unsaturated/α-hetero) is 2. The summed E-state index contributed by atoms with van der Waals surface area (Å²) in [6.45, 7) is 5.68. The molecular formula is C12H13BrO2. The second kappa shape index (κ2) is 4.71. The molecule has 0 radical (unpaired) electrons. The first-order valence-corrected chi connectivity index (χ1v) is 5.81. The van der Waals surface area contributed by atoms with Gasteiger partial charge in [0.2, 0.25) is 11.6 Å². The number of hydrogen-bond acceptors (Lipinski definition) is 2. The van der Waals surface area contributed by atoms with Crippen LogP contribution in [0.4, 0.5) is 0 Å². The SMILES string of the molecule is Cc1cc(C)c(C(=O)C(=O)CBr)c(C)c1. The van der Waals surface area contributed by atoms with E-state index in [0.717, 1.165) is 16.7 Å². The molecule has 0 heterocycles. The van der Waals surface area contributed by atoms with Crippen LogP contribution in [0.25, 0.3) is 0 Å². The lowest BCUT2D eigenvalue weighted by molar-refractivity contribution is -0.112. The largest absolute Gasteiger partial charge is 0.290 e. The molecule has 0 amide bonds. The number of benzene rings is 1. The molecular weight excluding hydrogens is 256 g/mol. The summed E-state index contributed by atoms with van der Waals surface area (Å²) in [4.78, 5) is 23.1. The van der Waals surface area contributed by atoms with E-state index in [1.807, 2.05) is 32.9 Å². The van der Waals surface area contributed by atoms with Gasteiger partial charge >= 0.3 is 0 Å². The van der Waals surface area contributed by atoms with Crippen molar-refractivity contribution in [3.63, 3.8) is 0 Å². The Labute approximate surface area is 97.8 Å². The lowest BCUT2D eigenvalue weighted by atomic mass is 9.95. The third kappa shape index (κ3) is 2.53. The Morgan fingerprint density at radius 3 is 2.00 bits per heavy atom. The van der Waals surface area contributed by atoms with Gasteiger partial charge < -0.3 is 0 Å². The first-order valence-electron chi connectivity index (χ1n) is 4.68. The highest BCUT2D eigenvalue weighted by Crippen LogP contribution is 2.17. The smallest absolute Gasteiger partial charge is 0.229 e. The predicted octanol–water partition coefficient (Wildman–Crippen LogP) is 2.76. The number of alkyl halides is 1. The van der Waals surface area contributed by atoms with E-state index < -0.39 is 11.6 Å². The molecule has 80 valence electrons. The van der Waals surface area contributed by atoms with Crippen molar-refractivity contribution >= 4 is 27.5 Å². The maximum absolute atomic E-state index is 11.7. The first kappa shape index (κ1) is 12.1. The summed E-state index contributed by atoms with van der Waals surface area (Å²) >= 11 is 3.01. The van der Waals surface area contributed by atoms with Crippen LogP contribution in [0.2, 0.25) is 0 Å². The third-order valence-electron chi connectivity index (χ3n) is 2.28. The number of aryl methyl sites for hydroxylation is 3. The van der Waals surface area contributed by atoms with Crippen molar-refractivity contribution in [2.45, 2.75) is 20.8 Å². The summed E-state index contributed by atoms with van der Waals surface area (Å²) in [5, 5.41) is 0.0819. The molecule has 0 aromatic heterocycles. The molecule has 2 nitrogen and oxygen atoms in total. The van der Waals surface area contributed by atoms with Crippen LogP contribution in [0.15, 0.2) is 12.1 Å². The van der Waals surface area contributed by atoms with Crippen LogP contribution in [0.5, 0.6) is 0 Å². The Hall–Kier alpha value is -0.960. The maximum atomic E-state index is 11.7. The van der Waals surface area contributed by atoms with E-state index in [2.05, 4.69) is 15.9 Å². The predicted molar refractivity (Wildman–Crippen MR) is 63.8 cm³/mol. The number of carbonyl (C=O) groups excluding carboxylic acids is 2. The Morgan fingerprint density at radius 1 is 1.13 bits per heavy atom. The van der Waals surface area contributed by atoms with Crippen molar-refractivity contribution in [2.24, 2.45) is 0 Å². The normalized spacial score (nSPS) is 10.1. The monoisotopic (exact) mass is 268 g/mol. The highest BCUT2D eigenvalue weighted by atomic mass is 79.9. The standard InChI is InChI=1S/C12H13BrO2/c1-7-4-8(2)11(9(3)5-7)12(15)10(14)6-13/h4-5H,6H2,1-3H3. The van der Waals surface area contributed by atoms with Crippen LogP contribution in [0, 0.1) is 20.8 Å². The van der Waals surface area contributed by atoms with Gasteiger partial charge in [-0.2, -0.15) is 0 Å². The topological polar surface area (TPSA) is 34.1 Å². The van der Waals surface area contributed by atoms with Gasteiger partial charge in [-0.05, 0) is 31.9 Å². The summed E-state index contributed by atoms with van der Waals surface area (Å²) in [6.07, 6.45) is 0. The minimum atomic E-state index is -0.401. The molecule has 15 heavy (non-hydrogen) atoms. The minimum Gasteiger partial charge on any atom is -0.290 e. The van der Waals surface area contributed by atoms with Crippen molar-refractivity contribution in [3.8, 4) is 0 Å². The molecule has 0 saturated carbocycles. The van der Waals surface area contributed by atoms with Gasteiger partial charge in [0.05, 0.1) is 5.33 Å². The highest BCUT2D eigenvalue weighted by molar-refractivity contribution is 9.09. The fourth-order valence-corrected chi connectivity index (χ4v) is 1.99. The molecule has 0 aliphatic carbocycles. The van der Waals surface area contributed by atoms with Crippen molar-refractivity contribution in [3.05, 3.63) is 34.4 Å². The van der Waals surface area contributed by atoms with Crippen molar-refractivity contribution in [1.82, 2.24) is 0 Å². The second-order valence-electron chi connectivity index (χ2n) is 3.66. The fraction of sp³-hybridized carbons (Fsp3) is 0.333. The molecule has 0 saturated heterocycles. The number of hydrogen-bond donors (Lipinski definition) is 0. The quantitative estimate of drug-likeness (QED) is 0.480. The summed E-state index contributed by atoms with van der Waals surface area (Å²) < 4.78 is 0. The van der Waals surface area contributed by atoms with Gasteiger partial charge in [0, 0.05) is 5.56 Å². The van der Waals surface area contributed by atoms with Gasteiger partial charge in [-0.1, -0.05) is 33.6 Å². The van der Waals surface area contributed by atoms with Crippen molar-refractivity contribution in [1.29, 1.82) is 0 Å². The summed E-state index contributed by atoms with van der Waals surface area (Å²) in [7, 11) is 0. The summed E-state index contributed by atoms with van der Waals surface area (Å²) in [5.41, 5.74) is 3.39. The highest BCUT2D eigenvalue weighted by Gasteiger charge is 2.19. The van der Waals surface area contributed by atoms with E-state index in [0.29, 0.717) is 5.56 Å². The van der Waals surface area contributed by atoms with Crippen LogP contribution in [-0.4, -0.2) is 16.9 Å².